The number of guanidine groups is 1. The van der Waals surface area contributed by atoms with Gasteiger partial charge in [-0.05, 0) is 65.4 Å². The Kier molecular flexibility index (Phi) is 8.58. The van der Waals surface area contributed by atoms with Gasteiger partial charge in [0.05, 0.1) is 6.54 Å². The van der Waals surface area contributed by atoms with E-state index >= 15 is 0 Å². The summed E-state index contributed by atoms with van der Waals surface area (Å²) in [5.74, 6) is 0.943. The van der Waals surface area contributed by atoms with E-state index in [0.717, 1.165) is 56.0 Å². The first kappa shape index (κ1) is 22.2. The maximum Gasteiger partial charge on any atom is 0.191 e. The van der Waals surface area contributed by atoms with Gasteiger partial charge in [0, 0.05) is 42.2 Å². The molecule has 0 radical (unpaired) electrons. The second-order valence-electron chi connectivity index (χ2n) is 8.22. The quantitative estimate of drug-likeness (QED) is 0.507. The van der Waals surface area contributed by atoms with Gasteiger partial charge < -0.3 is 15.5 Å². The van der Waals surface area contributed by atoms with Gasteiger partial charge in [-0.15, -0.1) is 0 Å². The lowest BCUT2D eigenvalue weighted by Crippen LogP contribution is -2.49. The summed E-state index contributed by atoms with van der Waals surface area (Å²) in [6, 6.07) is 9.15. The molecule has 0 spiro atoms. The third-order valence-electron chi connectivity index (χ3n) is 5.43. The van der Waals surface area contributed by atoms with Gasteiger partial charge in [0.1, 0.15) is 0 Å². The van der Waals surface area contributed by atoms with Crippen LogP contribution in [0.4, 0.5) is 0 Å². The molecule has 1 fully saturated rings. The number of rotatable bonds is 7. The zero-order valence-electron chi connectivity index (χ0n) is 17.6. The van der Waals surface area contributed by atoms with Crippen molar-refractivity contribution < 1.29 is 0 Å². The molecule has 6 heteroatoms. The monoisotopic (exact) mass is 437 g/mol. The first-order valence-electron chi connectivity index (χ1n) is 9.99. The Morgan fingerprint density at radius 1 is 1.22 bits per heavy atom. The van der Waals surface area contributed by atoms with Gasteiger partial charge in [-0.1, -0.05) is 28.1 Å². The Hall–Kier alpha value is -1.11. The van der Waals surface area contributed by atoms with Crippen molar-refractivity contribution in [1.29, 1.82) is 0 Å². The average Bonchev–Trinajstić information content (AvgIpc) is 2.63. The normalized spacial score (nSPS) is 17.4. The highest BCUT2D eigenvalue weighted by Gasteiger charge is 2.22. The molecule has 1 saturated heterocycles. The van der Waals surface area contributed by atoms with Crippen LogP contribution in [-0.4, -0.2) is 67.6 Å². The van der Waals surface area contributed by atoms with Crippen molar-refractivity contribution in [2.45, 2.75) is 51.7 Å². The number of nitrogens with zero attached hydrogens (tertiary/aromatic N) is 3. The van der Waals surface area contributed by atoms with Crippen LogP contribution in [-0.2, 0) is 6.54 Å². The Balaban J connectivity index is 1.83. The largest absolute Gasteiger partial charge is 0.357 e. The zero-order valence-corrected chi connectivity index (χ0v) is 19.1. The molecule has 0 aliphatic carbocycles. The molecule has 0 unspecified atom stereocenters. The maximum absolute atomic E-state index is 4.83. The highest BCUT2D eigenvalue weighted by molar-refractivity contribution is 9.10. The molecule has 1 heterocycles. The lowest BCUT2D eigenvalue weighted by molar-refractivity contribution is 0.197. The second-order valence-corrected chi connectivity index (χ2v) is 9.14. The van der Waals surface area contributed by atoms with Crippen molar-refractivity contribution in [1.82, 2.24) is 20.4 Å². The predicted octanol–water partition coefficient (Wildman–Crippen LogP) is 3.31. The Labute approximate surface area is 173 Å². The van der Waals surface area contributed by atoms with Gasteiger partial charge in [0.15, 0.2) is 5.96 Å². The van der Waals surface area contributed by atoms with Crippen LogP contribution in [0.25, 0.3) is 0 Å². The minimum absolute atomic E-state index is 0.0520. The van der Waals surface area contributed by atoms with E-state index in [1.54, 1.807) is 0 Å². The average molecular weight is 438 g/mol. The van der Waals surface area contributed by atoms with Crippen LogP contribution in [0, 0.1) is 0 Å². The Bertz CT molecular complexity index is 589. The summed E-state index contributed by atoms with van der Waals surface area (Å²) in [5, 5.41) is 7.05. The smallest absolute Gasteiger partial charge is 0.191 e. The first-order valence-corrected chi connectivity index (χ1v) is 10.8. The van der Waals surface area contributed by atoms with Crippen LogP contribution in [0.1, 0.15) is 39.2 Å². The number of benzene rings is 1. The van der Waals surface area contributed by atoms with Crippen LogP contribution in [0.3, 0.4) is 0 Å². The van der Waals surface area contributed by atoms with Crippen molar-refractivity contribution in [3.63, 3.8) is 0 Å². The fourth-order valence-electron chi connectivity index (χ4n) is 3.01. The molecule has 1 aliphatic heterocycles. The van der Waals surface area contributed by atoms with Crippen molar-refractivity contribution in [2.24, 2.45) is 4.99 Å². The van der Waals surface area contributed by atoms with E-state index in [4.69, 9.17) is 4.99 Å². The fourth-order valence-corrected chi connectivity index (χ4v) is 3.28. The molecule has 152 valence electrons. The lowest BCUT2D eigenvalue weighted by Gasteiger charge is -2.34. The van der Waals surface area contributed by atoms with Crippen LogP contribution in [0.5, 0.6) is 0 Å². The number of aliphatic imine (C=N–C) groups is 1. The lowest BCUT2D eigenvalue weighted by atomic mass is 10.0. The Morgan fingerprint density at radius 2 is 1.85 bits per heavy atom. The summed E-state index contributed by atoms with van der Waals surface area (Å²) in [4.78, 5) is 9.60. The topological polar surface area (TPSA) is 42.9 Å². The summed E-state index contributed by atoms with van der Waals surface area (Å²) < 4.78 is 1.14. The summed E-state index contributed by atoms with van der Waals surface area (Å²) in [7, 11) is 4.22. The van der Waals surface area contributed by atoms with Crippen LogP contribution >= 0.6 is 15.9 Å². The standard InChI is InChI=1S/C21H36BrN5/c1-6-23-20(24-16-21(2,3)26(4)5)25-19-11-13-27(14-12-19)15-17-7-9-18(22)10-8-17/h7-10,19H,6,11-16H2,1-5H3,(H2,23,24,25). The van der Waals surface area contributed by atoms with E-state index < -0.39 is 0 Å². The summed E-state index contributed by atoms with van der Waals surface area (Å²) in [6.45, 7) is 11.5. The SMILES string of the molecule is CCNC(=NCC(C)(C)N(C)C)NC1CCN(Cc2ccc(Br)cc2)CC1. The fraction of sp³-hybridized carbons (Fsp3) is 0.667. The third kappa shape index (κ3) is 7.43. The highest BCUT2D eigenvalue weighted by atomic mass is 79.9. The van der Waals surface area contributed by atoms with Crippen molar-refractivity contribution >= 4 is 21.9 Å². The molecule has 2 N–H and O–H groups in total. The number of piperidine rings is 1. The molecule has 0 atom stereocenters. The number of hydrogen-bond donors (Lipinski definition) is 2. The minimum atomic E-state index is 0.0520. The number of likely N-dealkylation sites (tertiary alicyclic amines) is 1. The molecule has 27 heavy (non-hydrogen) atoms. The second kappa shape index (κ2) is 10.4. The highest BCUT2D eigenvalue weighted by Crippen LogP contribution is 2.16. The molecular weight excluding hydrogens is 402 g/mol. The predicted molar refractivity (Wildman–Crippen MR) is 119 cm³/mol. The maximum atomic E-state index is 4.83. The van der Waals surface area contributed by atoms with Gasteiger partial charge in [-0.25, -0.2) is 0 Å². The van der Waals surface area contributed by atoms with Crippen LogP contribution in [0.15, 0.2) is 33.7 Å². The number of likely N-dealkylation sites (N-methyl/N-ethyl adjacent to an activating group) is 1. The molecule has 0 saturated carbocycles. The van der Waals surface area contributed by atoms with E-state index in [2.05, 4.69) is 95.5 Å². The number of halogens is 1. The van der Waals surface area contributed by atoms with Gasteiger partial charge in [0.2, 0.25) is 0 Å². The number of hydrogen-bond acceptors (Lipinski definition) is 3. The van der Waals surface area contributed by atoms with E-state index in [0.29, 0.717) is 6.04 Å². The van der Waals surface area contributed by atoms with Crippen molar-refractivity contribution in [2.75, 3.05) is 40.3 Å². The molecule has 0 bridgehead atoms. The number of nitrogens with one attached hydrogen (secondary N) is 2. The van der Waals surface area contributed by atoms with Crippen LogP contribution < -0.4 is 10.6 Å². The van der Waals surface area contributed by atoms with Crippen LogP contribution in [0.2, 0.25) is 0 Å². The molecule has 1 aromatic rings. The van der Waals surface area contributed by atoms with Crippen molar-refractivity contribution in [3.8, 4) is 0 Å². The van der Waals surface area contributed by atoms with Gasteiger partial charge in [-0.3, -0.25) is 9.89 Å². The van der Waals surface area contributed by atoms with E-state index in [1.807, 2.05) is 0 Å². The van der Waals surface area contributed by atoms with Gasteiger partial charge >= 0.3 is 0 Å². The van der Waals surface area contributed by atoms with E-state index in [9.17, 15) is 0 Å². The molecular formula is C21H36BrN5. The Morgan fingerprint density at radius 3 is 2.41 bits per heavy atom. The first-order chi connectivity index (χ1) is 12.8. The molecule has 0 amide bonds. The molecule has 2 rings (SSSR count). The van der Waals surface area contributed by atoms with Gasteiger partial charge in [0.25, 0.3) is 0 Å². The van der Waals surface area contributed by atoms with E-state index in [1.165, 1.54) is 5.56 Å². The van der Waals surface area contributed by atoms with Crippen molar-refractivity contribution in [3.05, 3.63) is 34.3 Å². The molecule has 5 nitrogen and oxygen atoms in total. The van der Waals surface area contributed by atoms with E-state index in [-0.39, 0.29) is 5.54 Å². The summed E-state index contributed by atoms with van der Waals surface area (Å²) in [5.41, 5.74) is 1.43. The third-order valence-corrected chi connectivity index (χ3v) is 5.96. The zero-order chi connectivity index (χ0) is 19.9. The molecule has 0 aromatic heterocycles. The summed E-state index contributed by atoms with van der Waals surface area (Å²) in [6.07, 6.45) is 2.30. The molecule has 1 aliphatic rings. The summed E-state index contributed by atoms with van der Waals surface area (Å²) >= 11 is 3.51. The molecule has 1 aromatic carbocycles. The van der Waals surface area contributed by atoms with Gasteiger partial charge in [-0.2, -0.15) is 0 Å². The minimum Gasteiger partial charge on any atom is -0.357 e.